The number of carbonyl (C=O) groups excluding carboxylic acids is 2. The van der Waals surface area contributed by atoms with E-state index in [1.165, 1.54) is 13.2 Å². The molecule has 0 heterocycles. The second-order valence-corrected chi connectivity index (χ2v) is 2.78. The monoisotopic (exact) mass is 208 g/mol. The maximum Gasteiger partial charge on any atom is 0.379 e. The molecule has 0 amide bonds. The first-order valence-corrected chi connectivity index (χ1v) is 4.54. The average Bonchev–Trinajstić information content (AvgIpc) is 2.28. The van der Waals surface area contributed by atoms with Crippen LogP contribution < -0.4 is 4.74 Å². The second kappa shape index (κ2) is 5.14. The fourth-order valence-electron chi connectivity index (χ4n) is 1.08. The van der Waals surface area contributed by atoms with Crippen LogP contribution in [0.3, 0.4) is 0 Å². The third-order valence-electron chi connectivity index (χ3n) is 1.79. The highest BCUT2D eigenvalue weighted by Crippen LogP contribution is 2.13. The van der Waals surface area contributed by atoms with E-state index in [4.69, 9.17) is 4.74 Å². The zero-order chi connectivity index (χ0) is 11.3. The van der Waals surface area contributed by atoms with Gasteiger partial charge in [0.2, 0.25) is 0 Å². The van der Waals surface area contributed by atoms with E-state index in [1.54, 1.807) is 25.1 Å². The van der Waals surface area contributed by atoms with E-state index in [0.29, 0.717) is 5.75 Å². The summed E-state index contributed by atoms with van der Waals surface area (Å²) in [4.78, 5) is 22.6. The molecule has 1 rings (SSSR count). The number of rotatable bonds is 4. The highest BCUT2D eigenvalue weighted by Gasteiger charge is 2.17. The molecular weight excluding hydrogens is 196 g/mol. The molecule has 80 valence electrons. The van der Waals surface area contributed by atoms with Gasteiger partial charge in [0.15, 0.2) is 0 Å². The summed E-state index contributed by atoms with van der Waals surface area (Å²) in [6, 6.07) is 6.38. The molecule has 0 atom stereocenters. The predicted molar refractivity (Wildman–Crippen MR) is 54.0 cm³/mol. The molecule has 0 N–H and O–H groups in total. The van der Waals surface area contributed by atoms with Gasteiger partial charge in [0.25, 0.3) is 5.78 Å². The van der Waals surface area contributed by atoms with Gasteiger partial charge in [-0.2, -0.15) is 0 Å². The highest BCUT2D eigenvalue weighted by atomic mass is 16.5. The first-order valence-electron chi connectivity index (χ1n) is 4.54. The van der Waals surface area contributed by atoms with Crippen LogP contribution in [0, 0.1) is 0 Å². The zero-order valence-corrected chi connectivity index (χ0v) is 8.65. The maximum atomic E-state index is 11.5. The van der Waals surface area contributed by atoms with Crippen molar-refractivity contribution in [3.05, 3.63) is 29.8 Å². The Morgan fingerprint density at radius 1 is 1.33 bits per heavy atom. The fourth-order valence-corrected chi connectivity index (χ4v) is 1.08. The topological polar surface area (TPSA) is 52.6 Å². The average molecular weight is 208 g/mol. The van der Waals surface area contributed by atoms with Crippen molar-refractivity contribution in [2.45, 2.75) is 6.92 Å². The molecule has 4 nitrogen and oxygen atoms in total. The van der Waals surface area contributed by atoms with Crippen molar-refractivity contribution < 1.29 is 19.1 Å². The Labute approximate surface area is 87.8 Å². The van der Waals surface area contributed by atoms with Gasteiger partial charge in [-0.1, -0.05) is 12.1 Å². The Morgan fingerprint density at radius 2 is 2.07 bits per heavy atom. The van der Waals surface area contributed by atoms with Gasteiger partial charge >= 0.3 is 5.97 Å². The Morgan fingerprint density at radius 3 is 2.67 bits per heavy atom. The number of esters is 1. The van der Waals surface area contributed by atoms with Crippen molar-refractivity contribution in [1.29, 1.82) is 0 Å². The van der Waals surface area contributed by atoms with E-state index in [9.17, 15) is 9.59 Å². The normalized spacial score (nSPS) is 9.47. The molecule has 0 bridgehead atoms. The van der Waals surface area contributed by atoms with Crippen LogP contribution in [0.15, 0.2) is 24.3 Å². The summed E-state index contributed by atoms with van der Waals surface area (Å²) in [6.45, 7) is 1.84. The smallest absolute Gasteiger partial charge is 0.379 e. The van der Waals surface area contributed by atoms with Crippen molar-refractivity contribution >= 4 is 11.8 Å². The molecule has 15 heavy (non-hydrogen) atoms. The van der Waals surface area contributed by atoms with Crippen LogP contribution in [0.1, 0.15) is 17.3 Å². The van der Waals surface area contributed by atoms with Crippen molar-refractivity contribution in [1.82, 2.24) is 0 Å². The lowest BCUT2D eigenvalue weighted by molar-refractivity contribution is -0.137. The van der Waals surface area contributed by atoms with Gasteiger partial charge in [-0.15, -0.1) is 0 Å². The third kappa shape index (κ3) is 2.80. The van der Waals surface area contributed by atoms with Gasteiger partial charge in [-0.05, 0) is 19.1 Å². The van der Waals surface area contributed by atoms with Crippen LogP contribution in [-0.2, 0) is 9.53 Å². The van der Waals surface area contributed by atoms with E-state index in [-0.39, 0.29) is 12.2 Å². The van der Waals surface area contributed by atoms with E-state index in [2.05, 4.69) is 4.74 Å². The summed E-state index contributed by atoms with van der Waals surface area (Å²) < 4.78 is 9.54. The van der Waals surface area contributed by atoms with Gasteiger partial charge in [0, 0.05) is 5.56 Å². The molecule has 0 saturated heterocycles. The lowest BCUT2D eigenvalue weighted by Crippen LogP contribution is -2.17. The summed E-state index contributed by atoms with van der Waals surface area (Å²) >= 11 is 0. The van der Waals surface area contributed by atoms with Gasteiger partial charge in [0.1, 0.15) is 5.75 Å². The van der Waals surface area contributed by atoms with Crippen molar-refractivity contribution in [3.63, 3.8) is 0 Å². The molecule has 1 aromatic rings. The molecule has 0 aromatic heterocycles. The van der Waals surface area contributed by atoms with Gasteiger partial charge in [-0.25, -0.2) is 4.79 Å². The Balaban J connectivity index is 2.86. The van der Waals surface area contributed by atoms with E-state index in [1.807, 2.05) is 0 Å². The lowest BCUT2D eigenvalue weighted by Gasteiger charge is -2.03. The number of ketones is 1. The molecule has 4 heteroatoms. The minimum Gasteiger partial charge on any atom is -0.497 e. The van der Waals surface area contributed by atoms with Crippen LogP contribution >= 0.6 is 0 Å². The number of hydrogen-bond donors (Lipinski definition) is 0. The summed E-state index contributed by atoms with van der Waals surface area (Å²) in [5.41, 5.74) is 0.271. The minimum atomic E-state index is -0.842. The van der Waals surface area contributed by atoms with Crippen molar-refractivity contribution in [2.75, 3.05) is 13.7 Å². The predicted octanol–water partition coefficient (Wildman–Crippen LogP) is 1.44. The number of methoxy groups -OCH3 is 1. The van der Waals surface area contributed by atoms with E-state index in [0.717, 1.165) is 0 Å². The maximum absolute atomic E-state index is 11.5. The number of ether oxygens (including phenoxy) is 2. The third-order valence-corrected chi connectivity index (χ3v) is 1.79. The first-order chi connectivity index (χ1) is 7.19. The summed E-state index contributed by atoms with van der Waals surface area (Å²) in [6.07, 6.45) is 0. The molecule has 0 radical (unpaired) electrons. The molecule has 0 spiro atoms. The zero-order valence-electron chi connectivity index (χ0n) is 8.65. The molecule has 0 saturated carbocycles. The van der Waals surface area contributed by atoms with Crippen molar-refractivity contribution in [2.24, 2.45) is 0 Å². The van der Waals surface area contributed by atoms with E-state index >= 15 is 0 Å². The number of benzene rings is 1. The van der Waals surface area contributed by atoms with Crippen LogP contribution in [0.2, 0.25) is 0 Å². The molecule has 0 aliphatic heterocycles. The number of Topliss-reactive ketones (excluding diaryl/α,β-unsaturated/α-hetero) is 1. The molecule has 0 unspecified atom stereocenters. The lowest BCUT2D eigenvalue weighted by atomic mass is 10.1. The minimum absolute atomic E-state index is 0.189. The summed E-state index contributed by atoms with van der Waals surface area (Å²) in [5, 5.41) is 0. The largest absolute Gasteiger partial charge is 0.497 e. The first kappa shape index (κ1) is 11.2. The molecular formula is C11H12O4. The Bertz CT molecular complexity index is 371. The van der Waals surface area contributed by atoms with Gasteiger partial charge in [-0.3, -0.25) is 4.79 Å². The quantitative estimate of drug-likeness (QED) is 0.427. The molecule has 0 aliphatic rings. The number of carbonyl (C=O) groups is 2. The summed E-state index contributed by atoms with van der Waals surface area (Å²) in [7, 11) is 1.49. The molecule has 0 aliphatic carbocycles. The van der Waals surface area contributed by atoms with Crippen LogP contribution in [0.4, 0.5) is 0 Å². The Hall–Kier alpha value is -1.84. The number of hydrogen-bond acceptors (Lipinski definition) is 4. The van der Waals surface area contributed by atoms with Crippen LogP contribution in [0.5, 0.6) is 5.75 Å². The summed E-state index contributed by atoms with van der Waals surface area (Å²) in [5.74, 6) is -0.966. The Kier molecular flexibility index (Phi) is 3.85. The van der Waals surface area contributed by atoms with Crippen LogP contribution in [-0.4, -0.2) is 25.5 Å². The van der Waals surface area contributed by atoms with Crippen LogP contribution in [0.25, 0.3) is 0 Å². The fraction of sp³-hybridized carbons (Fsp3) is 0.273. The SMILES string of the molecule is CCOC(=O)C(=O)c1cccc(OC)c1. The van der Waals surface area contributed by atoms with E-state index < -0.39 is 11.8 Å². The van der Waals surface area contributed by atoms with Gasteiger partial charge < -0.3 is 9.47 Å². The molecule has 1 aromatic carbocycles. The van der Waals surface area contributed by atoms with Crippen molar-refractivity contribution in [3.8, 4) is 5.75 Å². The highest BCUT2D eigenvalue weighted by molar-refractivity contribution is 6.40. The second-order valence-electron chi connectivity index (χ2n) is 2.78. The molecule has 0 fully saturated rings. The van der Waals surface area contributed by atoms with Gasteiger partial charge in [0.05, 0.1) is 13.7 Å². The standard InChI is InChI=1S/C11H12O4/c1-3-15-11(13)10(12)8-5-4-6-9(7-8)14-2/h4-7H,3H2,1-2H3.